The average molecular weight is 460 g/mol. The van der Waals surface area contributed by atoms with Crippen LogP contribution in [0.15, 0.2) is 84.0 Å². The molecule has 0 aromatic heterocycles. The van der Waals surface area contributed by atoms with E-state index in [0.717, 1.165) is 22.4 Å². The number of hydrogen-bond acceptors (Lipinski definition) is 4. The zero-order valence-corrected chi connectivity index (χ0v) is 18.9. The topological polar surface area (TPSA) is 71.0 Å². The highest BCUT2D eigenvalue weighted by Crippen LogP contribution is 2.25. The largest absolute Gasteiger partial charge is 0.497 e. The zero-order valence-electron chi connectivity index (χ0n) is 18.9. The summed E-state index contributed by atoms with van der Waals surface area (Å²) in [6.07, 6.45) is 0.765. The Balaban J connectivity index is 1.40. The van der Waals surface area contributed by atoms with Crippen molar-refractivity contribution >= 4 is 17.5 Å². The minimum atomic E-state index is -0.483. The summed E-state index contributed by atoms with van der Waals surface area (Å²) in [6, 6.07) is 22.6. The van der Waals surface area contributed by atoms with E-state index >= 15 is 0 Å². The number of amides is 2. The molecule has 1 heterocycles. The van der Waals surface area contributed by atoms with E-state index < -0.39 is 6.04 Å². The van der Waals surface area contributed by atoms with Crippen molar-refractivity contribution in [2.45, 2.75) is 25.3 Å². The summed E-state index contributed by atoms with van der Waals surface area (Å²) >= 11 is 0. The first-order valence-electron chi connectivity index (χ1n) is 11.2. The van der Waals surface area contributed by atoms with Gasteiger partial charge in [0.05, 0.1) is 25.4 Å². The number of nitrogens with zero attached hydrogens (tertiary/aromatic N) is 2. The molecule has 0 saturated carbocycles. The van der Waals surface area contributed by atoms with Gasteiger partial charge in [-0.15, -0.1) is 0 Å². The lowest BCUT2D eigenvalue weighted by molar-refractivity contribution is -0.133. The normalized spacial score (nSPS) is 13.8. The van der Waals surface area contributed by atoms with E-state index in [2.05, 4.69) is 10.4 Å². The molecule has 0 aliphatic carbocycles. The second kappa shape index (κ2) is 10.7. The summed E-state index contributed by atoms with van der Waals surface area (Å²) in [5.41, 5.74) is 3.43. The number of hydrazone groups is 1. The monoisotopic (exact) mass is 459 g/mol. The van der Waals surface area contributed by atoms with E-state index in [9.17, 15) is 14.0 Å². The van der Waals surface area contributed by atoms with Crippen LogP contribution >= 0.6 is 0 Å². The lowest BCUT2D eigenvalue weighted by Gasteiger charge is -2.20. The van der Waals surface area contributed by atoms with Gasteiger partial charge in [0.25, 0.3) is 0 Å². The van der Waals surface area contributed by atoms with Crippen LogP contribution in [0.2, 0.25) is 0 Å². The first-order valence-corrected chi connectivity index (χ1v) is 11.2. The van der Waals surface area contributed by atoms with E-state index in [1.54, 1.807) is 31.4 Å². The van der Waals surface area contributed by atoms with Crippen LogP contribution in [-0.4, -0.2) is 36.2 Å². The van der Waals surface area contributed by atoms with Gasteiger partial charge in [-0.25, -0.2) is 9.40 Å². The van der Waals surface area contributed by atoms with Crippen LogP contribution in [0.5, 0.6) is 5.75 Å². The third kappa shape index (κ3) is 5.67. The Morgan fingerprint density at radius 3 is 2.26 bits per heavy atom. The van der Waals surface area contributed by atoms with Crippen LogP contribution in [0, 0.1) is 5.82 Å². The lowest BCUT2D eigenvalue weighted by atomic mass is 9.98. The summed E-state index contributed by atoms with van der Waals surface area (Å²) in [6.45, 7) is 0.509. The third-order valence-corrected chi connectivity index (χ3v) is 5.72. The Bertz CT molecular complexity index is 1160. The fourth-order valence-corrected chi connectivity index (χ4v) is 3.86. The molecule has 4 rings (SSSR count). The summed E-state index contributed by atoms with van der Waals surface area (Å²) in [7, 11) is 1.58. The molecule has 1 aliphatic heterocycles. The molecule has 0 spiro atoms. The molecule has 1 aliphatic rings. The molecular formula is C27H26FN3O3. The van der Waals surface area contributed by atoms with Gasteiger partial charge in [-0.2, -0.15) is 5.10 Å². The smallest absolute Gasteiger partial charge is 0.243 e. The molecule has 0 bridgehead atoms. The van der Waals surface area contributed by atoms with Crippen LogP contribution in [0.1, 0.15) is 42.0 Å². The minimum absolute atomic E-state index is 0.0272. The van der Waals surface area contributed by atoms with Gasteiger partial charge in [0.2, 0.25) is 11.8 Å². The predicted molar refractivity (Wildman–Crippen MR) is 128 cm³/mol. The maximum atomic E-state index is 13.5. The number of hydrogen-bond donors (Lipinski definition) is 1. The number of carbonyl (C=O) groups excluding carboxylic acids is 2. The molecule has 7 heteroatoms. The predicted octanol–water partition coefficient (Wildman–Crippen LogP) is 4.46. The molecule has 1 unspecified atom stereocenters. The maximum Gasteiger partial charge on any atom is 0.243 e. The molecule has 2 amide bonds. The fraction of sp³-hybridized carbons (Fsp3) is 0.222. The Kier molecular flexibility index (Phi) is 7.32. The molecule has 0 fully saturated rings. The van der Waals surface area contributed by atoms with Gasteiger partial charge in [0.1, 0.15) is 11.6 Å². The lowest BCUT2D eigenvalue weighted by Crippen LogP contribution is -2.31. The SMILES string of the molecule is COc1ccc(C(NC(=O)CCC(=O)N2CCC(c3ccccc3)=N2)c2ccc(F)cc2)cc1. The molecule has 1 atom stereocenters. The van der Waals surface area contributed by atoms with Gasteiger partial charge < -0.3 is 10.1 Å². The fourth-order valence-electron chi connectivity index (χ4n) is 3.86. The standard InChI is InChI=1S/C27H26FN3O3/c1-34-23-13-9-21(10-14-23)27(20-7-11-22(28)12-8-20)29-25(32)15-16-26(33)31-18-17-24(30-31)19-5-3-2-4-6-19/h2-14,27H,15-18H2,1H3,(H,29,32). The van der Waals surface area contributed by atoms with Crippen LogP contribution < -0.4 is 10.1 Å². The molecule has 34 heavy (non-hydrogen) atoms. The minimum Gasteiger partial charge on any atom is -0.497 e. The number of benzene rings is 3. The molecule has 0 radical (unpaired) electrons. The Hall–Kier alpha value is -4.00. The summed E-state index contributed by atoms with van der Waals surface area (Å²) in [4.78, 5) is 25.4. The summed E-state index contributed by atoms with van der Waals surface area (Å²) < 4.78 is 18.7. The highest BCUT2D eigenvalue weighted by molar-refractivity contribution is 6.02. The van der Waals surface area contributed by atoms with Crippen molar-refractivity contribution in [3.05, 3.63) is 101 Å². The number of nitrogens with one attached hydrogen (secondary N) is 1. The molecule has 3 aromatic carbocycles. The van der Waals surface area contributed by atoms with Crippen molar-refractivity contribution in [2.75, 3.05) is 13.7 Å². The van der Waals surface area contributed by atoms with E-state index in [4.69, 9.17) is 4.74 Å². The van der Waals surface area contributed by atoms with Crippen LogP contribution in [0.25, 0.3) is 0 Å². The van der Waals surface area contributed by atoms with Crippen molar-refractivity contribution in [1.82, 2.24) is 10.3 Å². The molecule has 3 aromatic rings. The maximum absolute atomic E-state index is 13.5. The Labute approximate surface area is 198 Å². The van der Waals surface area contributed by atoms with Gasteiger partial charge in [-0.1, -0.05) is 54.6 Å². The van der Waals surface area contributed by atoms with Crippen LogP contribution in [-0.2, 0) is 9.59 Å². The first kappa shape index (κ1) is 23.2. The van der Waals surface area contributed by atoms with Crippen LogP contribution in [0.4, 0.5) is 4.39 Å². The van der Waals surface area contributed by atoms with Gasteiger partial charge in [0.15, 0.2) is 0 Å². The Morgan fingerprint density at radius 1 is 0.971 bits per heavy atom. The number of rotatable bonds is 8. The summed E-state index contributed by atoms with van der Waals surface area (Å²) in [5, 5.41) is 8.86. The second-order valence-electron chi connectivity index (χ2n) is 8.00. The number of ether oxygens (including phenoxy) is 1. The number of methoxy groups -OCH3 is 1. The number of halogens is 1. The molecule has 0 saturated heterocycles. The van der Waals surface area contributed by atoms with Crippen molar-refractivity contribution in [3.8, 4) is 5.75 Å². The van der Waals surface area contributed by atoms with Crippen molar-refractivity contribution in [1.29, 1.82) is 0 Å². The van der Waals surface area contributed by atoms with E-state index in [1.165, 1.54) is 17.1 Å². The zero-order chi connectivity index (χ0) is 23.9. The van der Waals surface area contributed by atoms with Gasteiger partial charge >= 0.3 is 0 Å². The summed E-state index contributed by atoms with van der Waals surface area (Å²) in [5.74, 6) is -0.122. The Morgan fingerprint density at radius 2 is 1.62 bits per heavy atom. The van der Waals surface area contributed by atoms with E-state index in [-0.39, 0.29) is 30.5 Å². The molecule has 6 nitrogen and oxygen atoms in total. The van der Waals surface area contributed by atoms with E-state index in [0.29, 0.717) is 18.7 Å². The number of carbonyl (C=O) groups is 2. The van der Waals surface area contributed by atoms with Crippen molar-refractivity contribution < 1.29 is 18.7 Å². The van der Waals surface area contributed by atoms with Gasteiger partial charge in [-0.05, 0) is 41.0 Å². The quantitative estimate of drug-likeness (QED) is 0.541. The van der Waals surface area contributed by atoms with Gasteiger partial charge in [0, 0.05) is 19.3 Å². The molecule has 1 N–H and O–H groups in total. The van der Waals surface area contributed by atoms with Crippen molar-refractivity contribution in [3.63, 3.8) is 0 Å². The second-order valence-corrected chi connectivity index (χ2v) is 8.00. The van der Waals surface area contributed by atoms with Gasteiger partial charge in [-0.3, -0.25) is 9.59 Å². The van der Waals surface area contributed by atoms with Crippen molar-refractivity contribution in [2.24, 2.45) is 5.10 Å². The average Bonchev–Trinajstić information content (AvgIpc) is 3.38. The molecular weight excluding hydrogens is 433 g/mol. The van der Waals surface area contributed by atoms with Crippen LogP contribution in [0.3, 0.4) is 0 Å². The molecule has 174 valence electrons. The highest BCUT2D eigenvalue weighted by Gasteiger charge is 2.23. The third-order valence-electron chi connectivity index (χ3n) is 5.72. The highest BCUT2D eigenvalue weighted by atomic mass is 19.1. The van der Waals surface area contributed by atoms with E-state index in [1.807, 2.05) is 42.5 Å². The first-order chi connectivity index (χ1) is 16.5.